The van der Waals surface area contributed by atoms with Gasteiger partial charge in [-0.1, -0.05) is 12.1 Å². The van der Waals surface area contributed by atoms with Crippen molar-refractivity contribution in [2.75, 3.05) is 11.9 Å². The number of imide groups is 1. The maximum atomic E-state index is 12.7. The highest BCUT2D eigenvalue weighted by molar-refractivity contribution is 8.18. The third-order valence-electron chi connectivity index (χ3n) is 4.74. The summed E-state index contributed by atoms with van der Waals surface area (Å²) in [5.41, 5.74) is 2.14. The number of carbonyl (C=O) groups is 3. The Labute approximate surface area is 192 Å². The van der Waals surface area contributed by atoms with Gasteiger partial charge < -0.3 is 9.73 Å². The Morgan fingerprint density at radius 2 is 1.91 bits per heavy atom. The van der Waals surface area contributed by atoms with E-state index in [1.807, 2.05) is 13.0 Å². The van der Waals surface area contributed by atoms with Gasteiger partial charge in [0.25, 0.3) is 16.8 Å². The lowest BCUT2D eigenvalue weighted by atomic mass is 10.1. The SMILES string of the molecule is Cc1cccc(NC(=O)CN2C(=O)S/C(=C/c3ccc(-c4ccc([N+](=O)[O-])cc4)o3)C2=O)c1. The third kappa shape index (κ3) is 5.01. The van der Waals surface area contributed by atoms with Crippen molar-refractivity contribution in [1.82, 2.24) is 4.90 Å². The fourth-order valence-corrected chi connectivity index (χ4v) is 3.98. The zero-order valence-electron chi connectivity index (χ0n) is 17.3. The molecule has 3 aromatic rings. The van der Waals surface area contributed by atoms with Crippen LogP contribution in [0.5, 0.6) is 0 Å². The minimum atomic E-state index is -0.585. The van der Waals surface area contributed by atoms with Crippen molar-refractivity contribution in [3.8, 4) is 11.3 Å². The van der Waals surface area contributed by atoms with Gasteiger partial charge in [-0.25, -0.2) is 0 Å². The topological polar surface area (TPSA) is 123 Å². The molecule has 0 aliphatic carbocycles. The Kier molecular flexibility index (Phi) is 6.09. The van der Waals surface area contributed by atoms with Gasteiger partial charge in [0.05, 0.1) is 9.83 Å². The van der Waals surface area contributed by atoms with Crippen LogP contribution in [-0.2, 0) is 9.59 Å². The lowest BCUT2D eigenvalue weighted by Gasteiger charge is -2.12. The molecule has 1 N–H and O–H groups in total. The zero-order valence-corrected chi connectivity index (χ0v) is 18.1. The molecule has 33 heavy (non-hydrogen) atoms. The van der Waals surface area contributed by atoms with E-state index in [0.29, 0.717) is 22.8 Å². The summed E-state index contributed by atoms with van der Waals surface area (Å²) in [5.74, 6) is -0.286. The average molecular weight is 463 g/mol. The van der Waals surface area contributed by atoms with Gasteiger partial charge >= 0.3 is 0 Å². The second kappa shape index (κ2) is 9.13. The van der Waals surface area contributed by atoms with E-state index in [1.165, 1.54) is 18.2 Å². The van der Waals surface area contributed by atoms with Gasteiger partial charge in [-0.15, -0.1) is 0 Å². The van der Waals surface area contributed by atoms with Crippen molar-refractivity contribution < 1.29 is 23.7 Å². The summed E-state index contributed by atoms with van der Waals surface area (Å²) in [4.78, 5) is 48.6. The van der Waals surface area contributed by atoms with Crippen molar-refractivity contribution in [3.05, 3.63) is 87.0 Å². The molecule has 10 heteroatoms. The molecule has 1 saturated heterocycles. The lowest BCUT2D eigenvalue weighted by molar-refractivity contribution is -0.384. The number of furan rings is 1. The number of nitrogens with zero attached hydrogens (tertiary/aromatic N) is 2. The molecule has 0 bridgehead atoms. The van der Waals surface area contributed by atoms with Crippen LogP contribution >= 0.6 is 11.8 Å². The summed E-state index contributed by atoms with van der Waals surface area (Å²) in [7, 11) is 0. The van der Waals surface area contributed by atoms with Crippen LogP contribution in [0.15, 0.2) is 70.0 Å². The molecular weight excluding hydrogens is 446 g/mol. The molecule has 2 heterocycles. The van der Waals surface area contributed by atoms with Gasteiger partial charge in [0.2, 0.25) is 5.91 Å². The number of hydrogen-bond acceptors (Lipinski definition) is 7. The zero-order chi connectivity index (χ0) is 23.5. The predicted octanol–water partition coefficient (Wildman–Crippen LogP) is 4.84. The van der Waals surface area contributed by atoms with Gasteiger partial charge in [-0.2, -0.15) is 0 Å². The number of amides is 3. The Morgan fingerprint density at radius 1 is 1.15 bits per heavy atom. The molecule has 0 spiro atoms. The van der Waals surface area contributed by atoms with Gasteiger partial charge in [0, 0.05) is 29.5 Å². The van der Waals surface area contributed by atoms with Crippen LogP contribution in [0.4, 0.5) is 16.2 Å². The second-order valence-electron chi connectivity index (χ2n) is 7.19. The molecular formula is C23H17N3O6S. The summed E-state index contributed by atoms with van der Waals surface area (Å²) in [5, 5.41) is 12.9. The second-order valence-corrected chi connectivity index (χ2v) is 8.18. The molecule has 2 aromatic carbocycles. The highest BCUT2D eigenvalue weighted by atomic mass is 32.2. The van der Waals surface area contributed by atoms with Gasteiger partial charge in [-0.3, -0.25) is 29.4 Å². The molecule has 0 radical (unpaired) electrons. The highest BCUT2D eigenvalue weighted by Gasteiger charge is 2.36. The number of benzene rings is 2. The number of aryl methyl sites for hydroxylation is 1. The van der Waals surface area contributed by atoms with E-state index in [4.69, 9.17) is 4.42 Å². The van der Waals surface area contributed by atoms with Crippen molar-refractivity contribution >= 4 is 46.3 Å². The normalized spacial score (nSPS) is 14.7. The molecule has 9 nitrogen and oxygen atoms in total. The van der Waals surface area contributed by atoms with Crippen LogP contribution in [0.2, 0.25) is 0 Å². The first kappa shape index (κ1) is 22.0. The summed E-state index contributed by atoms with van der Waals surface area (Å²) >= 11 is 0.721. The van der Waals surface area contributed by atoms with Gasteiger partial charge in [0.15, 0.2) is 0 Å². The molecule has 1 fully saturated rings. The van der Waals surface area contributed by atoms with Crippen molar-refractivity contribution in [3.63, 3.8) is 0 Å². The summed E-state index contributed by atoms with van der Waals surface area (Å²) in [6.07, 6.45) is 1.43. The molecule has 0 atom stereocenters. The fraction of sp³-hybridized carbons (Fsp3) is 0.0870. The van der Waals surface area contributed by atoms with E-state index >= 15 is 0 Å². The molecule has 3 amide bonds. The molecule has 0 unspecified atom stereocenters. The van der Waals surface area contributed by atoms with E-state index in [-0.39, 0.29) is 10.6 Å². The quantitative estimate of drug-likeness (QED) is 0.315. The summed E-state index contributed by atoms with van der Waals surface area (Å²) in [6, 6.07) is 16.3. The number of nitro groups is 1. The van der Waals surface area contributed by atoms with Gasteiger partial charge in [-0.05, 0) is 60.6 Å². The number of hydrogen-bond donors (Lipinski definition) is 1. The first-order valence-corrected chi connectivity index (χ1v) is 10.6. The number of nitrogens with one attached hydrogen (secondary N) is 1. The highest BCUT2D eigenvalue weighted by Crippen LogP contribution is 2.33. The Bertz CT molecular complexity index is 1300. The maximum absolute atomic E-state index is 12.7. The summed E-state index contributed by atoms with van der Waals surface area (Å²) < 4.78 is 5.70. The number of anilines is 1. The molecule has 0 saturated carbocycles. The number of nitro benzene ring substituents is 1. The molecule has 1 aromatic heterocycles. The number of carbonyl (C=O) groups excluding carboxylic acids is 3. The van der Waals surface area contributed by atoms with Crippen LogP contribution in [0.25, 0.3) is 17.4 Å². The van der Waals surface area contributed by atoms with E-state index in [9.17, 15) is 24.5 Å². The van der Waals surface area contributed by atoms with Crippen LogP contribution in [0.3, 0.4) is 0 Å². The average Bonchev–Trinajstić information content (AvgIpc) is 3.34. The first-order valence-electron chi connectivity index (χ1n) is 9.77. The predicted molar refractivity (Wildman–Crippen MR) is 123 cm³/mol. The number of rotatable bonds is 6. The Balaban J connectivity index is 1.44. The molecule has 1 aliphatic rings. The van der Waals surface area contributed by atoms with Crippen molar-refractivity contribution in [2.45, 2.75) is 6.92 Å². The molecule has 166 valence electrons. The standard InChI is InChI=1S/C23H17N3O6S/c1-14-3-2-4-16(11-14)24-21(27)13-25-22(28)20(33-23(25)29)12-18-9-10-19(32-18)15-5-7-17(8-6-15)26(30)31/h2-12H,13H2,1H3,(H,24,27)/b20-12+. The van der Waals surface area contributed by atoms with E-state index in [2.05, 4.69) is 5.32 Å². The maximum Gasteiger partial charge on any atom is 0.294 e. The third-order valence-corrected chi connectivity index (χ3v) is 5.65. The van der Waals surface area contributed by atoms with Crippen molar-refractivity contribution in [1.29, 1.82) is 0 Å². The van der Waals surface area contributed by atoms with Crippen LogP contribution < -0.4 is 5.32 Å². The Hall–Kier alpha value is -4.18. The molecule has 1 aliphatic heterocycles. The number of non-ortho nitro benzene ring substituents is 1. The smallest absolute Gasteiger partial charge is 0.294 e. The Morgan fingerprint density at radius 3 is 2.61 bits per heavy atom. The fourth-order valence-electron chi connectivity index (χ4n) is 3.17. The number of thioether (sulfide) groups is 1. The van der Waals surface area contributed by atoms with E-state index in [1.54, 1.807) is 42.5 Å². The monoisotopic (exact) mass is 463 g/mol. The minimum Gasteiger partial charge on any atom is -0.457 e. The van der Waals surface area contributed by atoms with Crippen LogP contribution in [0.1, 0.15) is 11.3 Å². The largest absolute Gasteiger partial charge is 0.457 e. The van der Waals surface area contributed by atoms with Crippen molar-refractivity contribution in [2.24, 2.45) is 0 Å². The lowest BCUT2D eigenvalue weighted by Crippen LogP contribution is -2.36. The first-order chi connectivity index (χ1) is 15.8. The summed E-state index contributed by atoms with van der Waals surface area (Å²) in [6.45, 7) is 1.49. The van der Waals surface area contributed by atoms with E-state index in [0.717, 1.165) is 22.2 Å². The minimum absolute atomic E-state index is 0.0364. The van der Waals surface area contributed by atoms with Crippen LogP contribution in [0, 0.1) is 17.0 Å². The van der Waals surface area contributed by atoms with Crippen LogP contribution in [-0.4, -0.2) is 33.4 Å². The van der Waals surface area contributed by atoms with Gasteiger partial charge in [0.1, 0.15) is 18.1 Å². The molecule has 4 rings (SSSR count). The van der Waals surface area contributed by atoms with E-state index < -0.39 is 28.5 Å².